The lowest BCUT2D eigenvalue weighted by molar-refractivity contribution is -0.142. The number of piperidine rings is 1. The largest absolute Gasteiger partial charge is 0.408 e. The van der Waals surface area contributed by atoms with Crippen molar-refractivity contribution in [2.24, 2.45) is 11.7 Å². The van der Waals surface area contributed by atoms with Gasteiger partial charge in [-0.25, -0.2) is 14.6 Å². The van der Waals surface area contributed by atoms with Gasteiger partial charge < -0.3 is 16.0 Å². The summed E-state index contributed by atoms with van der Waals surface area (Å²) in [4.78, 5) is 11.4. The van der Waals surface area contributed by atoms with Crippen LogP contribution >= 0.6 is 0 Å². The number of alkyl halides is 3. The normalized spacial score (nSPS) is 17.9. The average molecular weight is 537 g/mol. The number of nitrogens with two attached hydrogens (primary N) is 1. The van der Waals surface area contributed by atoms with E-state index in [0.717, 1.165) is 49.1 Å². The lowest BCUT2D eigenvalue weighted by Gasteiger charge is -2.34. The molecule has 1 aliphatic heterocycles. The number of nitrogens with zero attached hydrogens (tertiary/aromatic N) is 8. The zero-order chi connectivity index (χ0) is 27.1. The fraction of sp³-hybridized carbons (Fsp3) is 0.423. The van der Waals surface area contributed by atoms with E-state index in [4.69, 9.17) is 10.7 Å². The molecule has 2 aliphatic rings. The summed E-state index contributed by atoms with van der Waals surface area (Å²) in [7, 11) is 0. The minimum absolute atomic E-state index is 0.00529. The van der Waals surface area contributed by atoms with Gasteiger partial charge in [0.2, 0.25) is 0 Å². The maximum absolute atomic E-state index is 12.9. The van der Waals surface area contributed by atoms with Gasteiger partial charge in [0.25, 0.3) is 0 Å². The van der Waals surface area contributed by atoms with Crippen LogP contribution in [0.25, 0.3) is 22.2 Å². The first-order chi connectivity index (χ1) is 18.8. The third-order valence-electron chi connectivity index (χ3n) is 7.05. The molecular formula is C26H27F3N10. The Hall–Kier alpha value is -4.18. The molecule has 1 aliphatic carbocycles. The Morgan fingerprint density at radius 3 is 2.74 bits per heavy atom. The van der Waals surface area contributed by atoms with Crippen LogP contribution in [0.2, 0.25) is 0 Å². The second-order valence-corrected chi connectivity index (χ2v) is 10.3. The number of rotatable bonds is 7. The Morgan fingerprint density at radius 2 is 2.00 bits per heavy atom. The van der Waals surface area contributed by atoms with Crippen LogP contribution in [0, 0.1) is 17.2 Å². The Balaban J connectivity index is 1.33. The molecule has 5 heterocycles. The highest BCUT2D eigenvalue weighted by atomic mass is 19.4. The van der Waals surface area contributed by atoms with Crippen LogP contribution in [-0.4, -0.2) is 54.8 Å². The predicted molar refractivity (Wildman–Crippen MR) is 139 cm³/mol. The molecule has 3 N–H and O–H groups in total. The number of anilines is 3. The van der Waals surface area contributed by atoms with Crippen molar-refractivity contribution in [3.05, 3.63) is 42.5 Å². The Bertz CT molecular complexity index is 1550. The van der Waals surface area contributed by atoms with Gasteiger partial charge >= 0.3 is 6.18 Å². The fourth-order valence-corrected chi connectivity index (χ4v) is 5.01. The van der Waals surface area contributed by atoms with Crippen molar-refractivity contribution in [2.75, 3.05) is 23.3 Å². The molecule has 2 fully saturated rings. The van der Waals surface area contributed by atoms with Gasteiger partial charge in [-0.15, -0.1) is 0 Å². The molecule has 0 unspecified atom stereocenters. The average Bonchev–Trinajstić information content (AvgIpc) is 3.49. The molecule has 1 atom stereocenters. The lowest BCUT2D eigenvalue weighted by atomic mass is 10.0. The summed E-state index contributed by atoms with van der Waals surface area (Å²) in [6.45, 7) is 0.947. The summed E-state index contributed by atoms with van der Waals surface area (Å²) in [5, 5.41) is 21.8. The van der Waals surface area contributed by atoms with E-state index in [2.05, 4.69) is 31.5 Å². The molecular weight excluding hydrogens is 509 g/mol. The lowest BCUT2D eigenvalue weighted by Crippen LogP contribution is -2.43. The zero-order valence-corrected chi connectivity index (χ0v) is 21.1. The zero-order valence-electron chi connectivity index (χ0n) is 21.1. The minimum atomic E-state index is -4.37. The van der Waals surface area contributed by atoms with E-state index in [9.17, 15) is 18.4 Å². The highest BCUT2D eigenvalue weighted by Crippen LogP contribution is 2.35. The molecule has 1 saturated heterocycles. The van der Waals surface area contributed by atoms with Gasteiger partial charge in [0.1, 0.15) is 24.2 Å². The number of hydrogen-bond acceptors (Lipinski definition) is 8. The summed E-state index contributed by atoms with van der Waals surface area (Å²) in [5.74, 6) is 1.63. The van der Waals surface area contributed by atoms with E-state index in [-0.39, 0.29) is 6.04 Å². The predicted octanol–water partition coefficient (Wildman–Crippen LogP) is 4.20. The van der Waals surface area contributed by atoms with Crippen LogP contribution < -0.4 is 16.0 Å². The molecule has 39 heavy (non-hydrogen) atoms. The number of fused-ring (bicyclic) bond motifs is 1. The topological polar surface area (TPSA) is 126 Å². The standard InChI is InChI=1S/C26H27F3N10/c27-26(28,29)15-38-13-17(10-33-38)20-11-32-24(8-22(20)37-7-1-2-18(31)14-37)34-23-6-5-19-21(9-30)36-39(25(19)35-23)12-16-3-4-16/h5-6,8,10-11,13,16,18H,1-4,7,12,14-15,31H2,(H,32,34,35)/t18-/m0/s1. The monoisotopic (exact) mass is 536 g/mol. The third kappa shape index (κ3) is 5.51. The minimum Gasteiger partial charge on any atom is -0.369 e. The Labute approximate surface area is 222 Å². The van der Waals surface area contributed by atoms with E-state index < -0.39 is 12.7 Å². The van der Waals surface area contributed by atoms with Gasteiger partial charge in [-0.3, -0.25) is 4.68 Å². The molecule has 10 nitrogen and oxygen atoms in total. The quantitative estimate of drug-likeness (QED) is 0.360. The van der Waals surface area contributed by atoms with Crippen LogP contribution in [0.1, 0.15) is 31.4 Å². The van der Waals surface area contributed by atoms with E-state index >= 15 is 0 Å². The fourth-order valence-electron chi connectivity index (χ4n) is 5.01. The summed E-state index contributed by atoms with van der Waals surface area (Å²) >= 11 is 0. The first-order valence-electron chi connectivity index (χ1n) is 12.9. The molecule has 0 aromatic carbocycles. The maximum atomic E-state index is 12.9. The van der Waals surface area contributed by atoms with E-state index in [1.165, 1.54) is 12.4 Å². The second-order valence-electron chi connectivity index (χ2n) is 10.3. The molecule has 202 valence electrons. The molecule has 13 heteroatoms. The molecule has 1 saturated carbocycles. The van der Waals surface area contributed by atoms with Crippen LogP contribution in [0.3, 0.4) is 0 Å². The first-order valence-corrected chi connectivity index (χ1v) is 12.9. The van der Waals surface area contributed by atoms with Crippen molar-refractivity contribution in [3.8, 4) is 17.2 Å². The van der Waals surface area contributed by atoms with Gasteiger partial charge in [-0.2, -0.15) is 28.6 Å². The highest BCUT2D eigenvalue weighted by Gasteiger charge is 2.29. The molecule has 0 spiro atoms. The van der Waals surface area contributed by atoms with Crippen molar-refractivity contribution >= 4 is 28.4 Å². The van der Waals surface area contributed by atoms with Gasteiger partial charge in [0.05, 0.1) is 11.6 Å². The van der Waals surface area contributed by atoms with Crippen molar-refractivity contribution in [3.63, 3.8) is 0 Å². The third-order valence-corrected chi connectivity index (χ3v) is 7.05. The van der Waals surface area contributed by atoms with Crippen LogP contribution in [-0.2, 0) is 13.1 Å². The van der Waals surface area contributed by atoms with E-state index in [1.807, 2.05) is 12.1 Å². The number of nitriles is 1. The van der Waals surface area contributed by atoms with Crippen molar-refractivity contribution in [1.82, 2.24) is 29.5 Å². The number of hydrogen-bond donors (Lipinski definition) is 2. The second kappa shape index (κ2) is 9.85. The summed E-state index contributed by atoms with van der Waals surface area (Å²) < 4.78 is 41.4. The molecule has 4 aromatic rings. The van der Waals surface area contributed by atoms with Gasteiger partial charge in [-0.05, 0) is 43.7 Å². The van der Waals surface area contributed by atoms with Crippen molar-refractivity contribution in [2.45, 2.75) is 51.0 Å². The van der Waals surface area contributed by atoms with Gasteiger partial charge in [0.15, 0.2) is 11.3 Å². The highest BCUT2D eigenvalue weighted by molar-refractivity contribution is 5.84. The van der Waals surface area contributed by atoms with Gasteiger partial charge in [0, 0.05) is 61.0 Å². The summed E-state index contributed by atoms with van der Waals surface area (Å²) in [6.07, 6.45) is 4.19. The van der Waals surface area contributed by atoms with Crippen molar-refractivity contribution in [1.29, 1.82) is 5.26 Å². The molecule has 4 aromatic heterocycles. The Kier molecular flexibility index (Phi) is 6.34. The van der Waals surface area contributed by atoms with Crippen LogP contribution in [0.4, 0.5) is 30.5 Å². The Morgan fingerprint density at radius 1 is 1.15 bits per heavy atom. The maximum Gasteiger partial charge on any atom is 0.408 e. The SMILES string of the molecule is N#Cc1nn(CC2CC2)c2nc(Nc3cc(N4CCC[C@H](N)C4)c(-c4cnn(CC(F)(F)F)c4)cn3)ccc12. The van der Waals surface area contributed by atoms with Crippen LogP contribution in [0.5, 0.6) is 0 Å². The molecule has 0 bridgehead atoms. The molecule has 0 amide bonds. The smallest absolute Gasteiger partial charge is 0.369 e. The van der Waals surface area contributed by atoms with Gasteiger partial charge in [-0.1, -0.05) is 0 Å². The molecule has 6 rings (SSSR count). The first kappa shape index (κ1) is 25.1. The number of halogens is 3. The van der Waals surface area contributed by atoms with Crippen LogP contribution in [0.15, 0.2) is 36.8 Å². The number of pyridine rings is 2. The molecule has 0 radical (unpaired) electrons. The summed E-state index contributed by atoms with van der Waals surface area (Å²) in [5.41, 5.74) is 9.26. The van der Waals surface area contributed by atoms with Crippen molar-refractivity contribution < 1.29 is 13.2 Å². The number of nitrogens with one attached hydrogen (secondary N) is 1. The summed E-state index contributed by atoms with van der Waals surface area (Å²) in [6, 6.07) is 7.61. The van der Waals surface area contributed by atoms with E-state index in [1.54, 1.807) is 16.9 Å². The number of aromatic nitrogens is 6. The van der Waals surface area contributed by atoms with E-state index in [0.29, 0.717) is 52.0 Å².